The number of unbranched alkanes of at least 4 members (excludes halogenated alkanes) is 7. The first-order chi connectivity index (χ1) is 10.9. The summed E-state index contributed by atoms with van der Waals surface area (Å²) in [4.78, 5) is -0.0666. The van der Waals surface area contributed by atoms with Crippen LogP contribution in [0.15, 0.2) is 29.2 Å². The maximum atomic E-state index is 10.5. The van der Waals surface area contributed by atoms with E-state index in [4.69, 9.17) is 16.1 Å². The van der Waals surface area contributed by atoms with Crippen molar-refractivity contribution in [2.24, 2.45) is 0 Å². The minimum atomic E-state index is -4.02. The Bertz CT molecular complexity index is 541. The van der Waals surface area contributed by atoms with Crippen molar-refractivity contribution in [3.63, 3.8) is 0 Å². The molecule has 0 saturated carbocycles. The number of benzene rings is 1. The molecule has 0 bridgehead atoms. The Morgan fingerprint density at radius 1 is 0.957 bits per heavy atom. The first-order valence-electron chi connectivity index (χ1n) is 8.00. The lowest BCUT2D eigenvalue weighted by Crippen LogP contribution is -1.96. The molecule has 130 valence electrons. The first kappa shape index (κ1) is 21.6. The Kier molecular flexibility index (Phi) is 12.4. The van der Waals surface area contributed by atoms with Gasteiger partial charge in [0, 0.05) is 13.0 Å². The van der Waals surface area contributed by atoms with Crippen LogP contribution in [0, 0.1) is 19.3 Å². The molecule has 0 amide bonds. The van der Waals surface area contributed by atoms with Crippen molar-refractivity contribution in [2.75, 3.05) is 6.61 Å². The molecule has 0 radical (unpaired) electrons. The summed E-state index contributed by atoms with van der Waals surface area (Å²) in [5.41, 5.74) is 0.956. The molecule has 0 saturated heterocycles. The topological polar surface area (TPSA) is 74.6 Å². The van der Waals surface area contributed by atoms with Crippen LogP contribution in [0.3, 0.4) is 0 Å². The van der Waals surface area contributed by atoms with Gasteiger partial charge in [-0.25, -0.2) is 0 Å². The van der Waals surface area contributed by atoms with Gasteiger partial charge in [-0.05, 0) is 31.9 Å². The summed E-state index contributed by atoms with van der Waals surface area (Å²) in [6, 6.07) is 5.99. The third-order valence-corrected chi connectivity index (χ3v) is 4.17. The highest BCUT2D eigenvalue weighted by atomic mass is 32.2. The van der Waals surface area contributed by atoms with Crippen molar-refractivity contribution in [3.05, 3.63) is 29.8 Å². The Balaban J connectivity index is 0.000000422. The zero-order valence-corrected chi connectivity index (χ0v) is 14.7. The van der Waals surface area contributed by atoms with Gasteiger partial charge in [0.15, 0.2) is 0 Å². The van der Waals surface area contributed by atoms with E-state index in [-0.39, 0.29) is 4.90 Å². The number of hydrogen-bond acceptors (Lipinski definition) is 3. The van der Waals surface area contributed by atoms with Crippen LogP contribution in [0.25, 0.3) is 0 Å². The zero-order chi connectivity index (χ0) is 17.6. The van der Waals surface area contributed by atoms with Gasteiger partial charge in [0.25, 0.3) is 10.1 Å². The van der Waals surface area contributed by atoms with Gasteiger partial charge in [-0.15, -0.1) is 12.3 Å². The molecule has 0 spiro atoms. The fourth-order valence-electron chi connectivity index (χ4n) is 1.93. The Morgan fingerprint density at radius 2 is 1.43 bits per heavy atom. The van der Waals surface area contributed by atoms with Crippen molar-refractivity contribution in [3.8, 4) is 12.3 Å². The highest BCUT2D eigenvalue weighted by molar-refractivity contribution is 7.85. The molecule has 0 unspecified atom stereocenters. The van der Waals surface area contributed by atoms with E-state index >= 15 is 0 Å². The number of aryl methyl sites for hydroxylation is 1. The van der Waals surface area contributed by atoms with Gasteiger partial charge in [-0.2, -0.15) is 8.42 Å². The molecule has 1 aromatic carbocycles. The molecule has 4 nitrogen and oxygen atoms in total. The summed E-state index contributed by atoms with van der Waals surface area (Å²) in [5, 5.41) is 8.52. The lowest BCUT2D eigenvalue weighted by Gasteiger charge is -1.98. The van der Waals surface area contributed by atoms with Gasteiger partial charge in [0.2, 0.25) is 0 Å². The lowest BCUT2D eigenvalue weighted by atomic mass is 10.1. The standard InChI is InChI=1S/C11H20O.C7H8O3S/c1-2-3-4-5-6-7-8-9-10-11-12;1-6-2-4-7(5-3-6)11(8,9)10/h1,12H,3-11H2;2-5H,1H3,(H,8,9,10). The largest absolute Gasteiger partial charge is 0.396 e. The highest BCUT2D eigenvalue weighted by Crippen LogP contribution is 2.09. The van der Waals surface area contributed by atoms with Gasteiger partial charge in [-0.1, -0.05) is 49.8 Å². The number of rotatable bonds is 9. The molecule has 1 aromatic rings. The Morgan fingerprint density at radius 3 is 1.87 bits per heavy atom. The fraction of sp³-hybridized carbons (Fsp3) is 0.556. The average Bonchev–Trinajstić information content (AvgIpc) is 2.50. The zero-order valence-electron chi connectivity index (χ0n) is 13.9. The van der Waals surface area contributed by atoms with Crippen molar-refractivity contribution in [2.45, 2.75) is 63.2 Å². The summed E-state index contributed by atoms with van der Waals surface area (Å²) in [7, 11) is -4.02. The van der Waals surface area contributed by atoms with Gasteiger partial charge in [-0.3, -0.25) is 4.55 Å². The summed E-state index contributed by atoms with van der Waals surface area (Å²) in [6.07, 6.45) is 14.5. The van der Waals surface area contributed by atoms with Crippen LogP contribution in [-0.4, -0.2) is 24.7 Å². The van der Waals surface area contributed by atoms with Gasteiger partial charge < -0.3 is 5.11 Å². The number of terminal acetylenes is 1. The van der Waals surface area contributed by atoms with E-state index in [9.17, 15) is 8.42 Å². The van der Waals surface area contributed by atoms with E-state index in [0.29, 0.717) is 6.61 Å². The number of aliphatic hydroxyl groups excluding tert-OH is 1. The summed E-state index contributed by atoms with van der Waals surface area (Å²) in [5.74, 6) is 2.65. The Labute approximate surface area is 140 Å². The van der Waals surface area contributed by atoms with Crippen LogP contribution in [0.2, 0.25) is 0 Å². The predicted octanol–water partition coefficient (Wildman–Crippen LogP) is 3.97. The summed E-state index contributed by atoms with van der Waals surface area (Å²) < 4.78 is 29.6. The normalized spacial score (nSPS) is 10.5. The maximum Gasteiger partial charge on any atom is 0.294 e. The number of hydrogen-bond donors (Lipinski definition) is 2. The fourth-order valence-corrected chi connectivity index (χ4v) is 2.41. The van der Waals surface area contributed by atoms with Crippen LogP contribution >= 0.6 is 0 Å². The van der Waals surface area contributed by atoms with Crippen LogP contribution < -0.4 is 0 Å². The molecule has 5 heteroatoms. The van der Waals surface area contributed by atoms with E-state index in [0.717, 1.165) is 18.4 Å². The third kappa shape index (κ3) is 12.8. The molecular formula is C18H28O4S. The second-order valence-electron chi connectivity index (χ2n) is 5.44. The maximum absolute atomic E-state index is 10.5. The second kappa shape index (κ2) is 13.1. The summed E-state index contributed by atoms with van der Waals surface area (Å²) in [6.45, 7) is 2.19. The van der Waals surface area contributed by atoms with E-state index in [1.54, 1.807) is 12.1 Å². The van der Waals surface area contributed by atoms with Gasteiger partial charge >= 0.3 is 0 Å². The average molecular weight is 340 g/mol. The monoisotopic (exact) mass is 340 g/mol. The molecule has 0 fully saturated rings. The van der Waals surface area contributed by atoms with Gasteiger partial charge in [0.05, 0.1) is 4.90 Å². The Hall–Kier alpha value is -1.35. The van der Waals surface area contributed by atoms with E-state index in [1.165, 1.54) is 50.7 Å². The smallest absolute Gasteiger partial charge is 0.294 e. The van der Waals surface area contributed by atoms with Crippen LogP contribution in [0.1, 0.15) is 56.9 Å². The molecule has 2 N–H and O–H groups in total. The van der Waals surface area contributed by atoms with Gasteiger partial charge in [0.1, 0.15) is 0 Å². The van der Waals surface area contributed by atoms with Crippen LogP contribution in [0.4, 0.5) is 0 Å². The van der Waals surface area contributed by atoms with Crippen molar-refractivity contribution >= 4 is 10.1 Å². The second-order valence-corrected chi connectivity index (χ2v) is 6.86. The molecule has 23 heavy (non-hydrogen) atoms. The third-order valence-electron chi connectivity index (χ3n) is 3.30. The summed E-state index contributed by atoms with van der Waals surface area (Å²) >= 11 is 0. The van der Waals surface area contributed by atoms with Crippen LogP contribution in [0.5, 0.6) is 0 Å². The minimum absolute atomic E-state index is 0.0666. The van der Waals surface area contributed by atoms with Crippen molar-refractivity contribution in [1.82, 2.24) is 0 Å². The minimum Gasteiger partial charge on any atom is -0.396 e. The van der Waals surface area contributed by atoms with E-state index in [1.807, 2.05) is 6.92 Å². The molecule has 0 aliphatic rings. The molecule has 0 aliphatic heterocycles. The SMILES string of the molecule is C#CCCCCCCCCCO.Cc1ccc(S(=O)(=O)O)cc1. The predicted molar refractivity (Wildman–Crippen MR) is 93.8 cm³/mol. The molecule has 0 heterocycles. The molecule has 0 aliphatic carbocycles. The quantitative estimate of drug-likeness (QED) is 0.405. The van der Waals surface area contributed by atoms with Crippen LogP contribution in [-0.2, 0) is 10.1 Å². The highest BCUT2D eigenvalue weighted by Gasteiger charge is 2.06. The molecule has 0 aromatic heterocycles. The van der Waals surface area contributed by atoms with Crippen molar-refractivity contribution in [1.29, 1.82) is 0 Å². The molecule has 1 rings (SSSR count). The lowest BCUT2D eigenvalue weighted by molar-refractivity contribution is 0.282. The molecular weight excluding hydrogens is 312 g/mol. The molecule has 0 atom stereocenters. The number of aliphatic hydroxyl groups is 1. The van der Waals surface area contributed by atoms with E-state index < -0.39 is 10.1 Å². The van der Waals surface area contributed by atoms with Crippen molar-refractivity contribution < 1.29 is 18.1 Å². The first-order valence-corrected chi connectivity index (χ1v) is 9.44. The van der Waals surface area contributed by atoms with E-state index in [2.05, 4.69) is 5.92 Å².